The molecule has 0 fully saturated rings. The molecule has 0 aliphatic carbocycles. The van der Waals surface area contributed by atoms with Crippen molar-refractivity contribution in [1.29, 1.82) is 0 Å². The van der Waals surface area contributed by atoms with E-state index in [1.165, 1.54) is 32.4 Å². The van der Waals surface area contributed by atoms with Crippen LogP contribution in [-0.2, 0) is 10.0 Å². The van der Waals surface area contributed by atoms with Gasteiger partial charge in [-0.15, -0.1) is 0 Å². The van der Waals surface area contributed by atoms with Crippen LogP contribution >= 0.6 is 0 Å². The molecule has 2 aromatic rings. The molecule has 0 heterocycles. The number of hydrogen-bond acceptors (Lipinski definition) is 7. The Bertz CT molecular complexity index is 881. The third-order valence-corrected chi connectivity index (χ3v) is 4.45. The molecule has 9 nitrogen and oxygen atoms in total. The molecule has 0 saturated heterocycles. The lowest BCUT2D eigenvalue weighted by Crippen LogP contribution is -2.14. The van der Waals surface area contributed by atoms with Crippen molar-refractivity contribution in [2.75, 3.05) is 18.9 Å². The van der Waals surface area contributed by atoms with Crippen molar-refractivity contribution in [1.82, 2.24) is 0 Å². The van der Waals surface area contributed by atoms with Gasteiger partial charge in [-0.1, -0.05) is 11.8 Å². The van der Waals surface area contributed by atoms with Crippen molar-refractivity contribution in [3.63, 3.8) is 0 Å². The van der Waals surface area contributed by atoms with Crippen LogP contribution in [0.4, 0.5) is 11.4 Å². The first-order valence-corrected chi connectivity index (χ1v) is 7.97. The van der Waals surface area contributed by atoms with Gasteiger partial charge < -0.3 is 14.6 Å². The standard InChI is InChI=1S/C14H14N2O7S/c1-22-13-6-4-10(8-14(13)23-2)24(20,21)15-11-7-9(16(18)19)3-5-12(11)17/h3-8,15,17H,1-2H3/p-1. The largest absolute Gasteiger partial charge is 0.871 e. The lowest BCUT2D eigenvalue weighted by atomic mass is 10.2. The summed E-state index contributed by atoms with van der Waals surface area (Å²) in [6.07, 6.45) is 0. The lowest BCUT2D eigenvalue weighted by Gasteiger charge is -2.16. The Kier molecular flexibility index (Phi) is 4.79. The number of nitro benzene ring substituents is 1. The minimum atomic E-state index is -4.14. The van der Waals surface area contributed by atoms with Gasteiger partial charge in [-0.25, -0.2) is 8.42 Å². The Morgan fingerprint density at radius 3 is 2.29 bits per heavy atom. The van der Waals surface area contributed by atoms with E-state index >= 15 is 0 Å². The van der Waals surface area contributed by atoms with Crippen LogP contribution in [-0.4, -0.2) is 27.6 Å². The molecule has 1 N–H and O–H groups in total. The number of nitrogens with one attached hydrogen (secondary N) is 1. The van der Waals surface area contributed by atoms with Gasteiger partial charge in [-0.2, -0.15) is 0 Å². The number of anilines is 1. The number of sulfonamides is 1. The zero-order valence-electron chi connectivity index (χ0n) is 12.7. The second-order valence-corrected chi connectivity index (χ2v) is 6.24. The van der Waals surface area contributed by atoms with Crippen LogP contribution in [0.25, 0.3) is 0 Å². The molecule has 0 aliphatic heterocycles. The van der Waals surface area contributed by atoms with E-state index in [2.05, 4.69) is 0 Å². The van der Waals surface area contributed by atoms with Gasteiger partial charge in [0, 0.05) is 23.9 Å². The number of methoxy groups -OCH3 is 2. The number of nitrogens with zero attached hydrogens (tertiary/aromatic N) is 1. The Morgan fingerprint density at radius 1 is 1.04 bits per heavy atom. The molecule has 0 aromatic heterocycles. The van der Waals surface area contributed by atoms with Crippen molar-refractivity contribution in [2.24, 2.45) is 0 Å². The summed E-state index contributed by atoms with van der Waals surface area (Å²) in [7, 11) is -1.40. The van der Waals surface area contributed by atoms with Crippen molar-refractivity contribution >= 4 is 21.4 Å². The van der Waals surface area contributed by atoms with E-state index in [1.54, 1.807) is 0 Å². The van der Waals surface area contributed by atoms with Crippen molar-refractivity contribution in [2.45, 2.75) is 4.90 Å². The first-order valence-electron chi connectivity index (χ1n) is 6.49. The van der Waals surface area contributed by atoms with E-state index in [4.69, 9.17) is 9.47 Å². The lowest BCUT2D eigenvalue weighted by molar-refractivity contribution is -0.385. The van der Waals surface area contributed by atoms with Gasteiger partial charge in [0.1, 0.15) is 0 Å². The average molecular weight is 353 g/mol. The fraction of sp³-hybridized carbons (Fsp3) is 0.143. The normalized spacial score (nSPS) is 10.9. The Morgan fingerprint density at radius 2 is 1.71 bits per heavy atom. The molecular weight excluding hydrogens is 340 g/mol. The second-order valence-electron chi connectivity index (χ2n) is 4.56. The van der Waals surface area contributed by atoms with Crippen LogP contribution in [0.15, 0.2) is 41.3 Å². The van der Waals surface area contributed by atoms with Crippen LogP contribution in [0, 0.1) is 10.1 Å². The summed E-state index contributed by atoms with van der Waals surface area (Å²) in [5, 5.41) is 22.5. The summed E-state index contributed by atoms with van der Waals surface area (Å²) in [5.74, 6) is -0.178. The Hall–Kier alpha value is -3.01. The molecule has 0 amide bonds. The molecule has 24 heavy (non-hydrogen) atoms. The van der Waals surface area contributed by atoms with Crippen LogP contribution in [0.5, 0.6) is 17.2 Å². The number of hydrogen-bond donors (Lipinski definition) is 1. The third kappa shape index (κ3) is 3.49. The van der Waals surface area contributed by atoms with Crippen LogP contribution < -0.4 is 19.3 Å². The van der Waals surface area contributed by atoms with Gasteiger partial charge in [-0.3, -0.25) is 14.8 Å². The molecular formula is C14H13N2O7S-. The number of ether oxygens (including phenoxy) is 2. The summed E-state index contributed by atoms with van der Waals surface area (Å²) in [5.41, 5.74) is -0.821. The maximum Gasteiger partial charge on any atom is 0.271 e. The first-order chi connectivity index (χ1) is 11.3. The molecule has 10 heteroatoms. The summed E-state index contributed by atoms with van der Waals surface area (Å²) in [4.78, 5) is 9.83. The maximum atomic E-state index is 12.4. The Labute approximate surface area is 137 Å². The topological polar surface area (TPSA) is 131 Å². The molecule has 0 unspecified atom stereocenters. The van der Waals surface area contributed by atoms with Crippen LogP contribution in [0.1, 0.15) is 0 Å². The van der Waals surface area contributed by atoms with Gasteiger partial charge in [0.05, 0.1) is 24.0 Å². The predicted molar refractivity (Wildman–Crippen MR) is 82.9 cm³/mol. The SMILES string of the molecule is COc1ccc(S(=O)(=O)Nc2cc([N+](=O)[O-])ccc2[O-])cc1OC. The zero-order valence-corrected chi connectivity index (χ0v) is 13.5. The van der Waals surface area contributed by atoms with Crippen molar-refractivity contribution in [3.05, 3.63) is 46.5 Å². The number of nitro groups is 1. The average Bonchev–Trinajstić information content (AvgIpc) is 2.55. The van der Waals surface area contributed by atoms with Gasteiger partial charge in [0.25, 0.3) is 15.7 Å². The molecule has 128 valence electrons. The van der Waals surface area contributed by atoms with E-state index < -0.39 is 32.1 Å². The summed E-state index contributed by atoms with van der Waals surface area (Å²) >= 11 is 0. The second kappa shape index (κ2) is 6.62. The summed E-state index contributed by atoms with van der Waals surface area (Å²) < 4.78 is 36.9. The highest BCUT2D eigenvalue weighted by Crippen LogP contribution is 2.32. The first kappa shape index (κ1) is 17.3. The van der Waals surface area contributed by atoms with Crippen molar-refractivity contribution < 1.29 is 27.9 Å². The highest BCUT2D eigenvalue weighted by atomic mass is 32.2. The molecule has 0 atom stereocenters. The van der Waals surface area contributed by atoms with Gasteiger partial charge in [0.15, 0.2) is 11.5 Å². The van der Waals surface area contributed by atoms with Crippen LogP contribution in [0.3, 0.4) is 0 Å². The highest BCUT2D eigenvalue weighted by molar-refractivity contribution is 7.92. The number of non-ortho nitro benzene ring substituents is 1. The molecule has 0 saturated carbocycles. The van der Waals surface area contributed by atoms with Crippen molar-refractivity contribution in [3.8, 4) is 17.2 Å². The fourth-order valence-corrected chi connectivity index (χ4v) is 2.97. The summed E-state index contributed by atoms with van der Waals surface area (Å²) in [6, 6.07) is 6.63. The van der Waals surface area contributed by atoms with E-state index in [0.29, 0.717) is 5.75 Å². The number of benzene rings is 2. The Balaban J connectivity index is 2.42. The third-order valence-electron chi connectivity index (χ3n) is 3.08. The monoisotopic (exact) mass is 353 g/mol. The van der Waals surface area contributed by atoms with E-state index in [1.807, 2.05) is 4.72 Å². The molecule has 0 radical (unpaired) electrons. The molecule has 0 spiro atoms. The fourth-order valence-electron chi connectivity index (χ4n) is 1.90. The molecule has 2 aromatic carbocycles. The molecule has 0 bridgehead atoms. The van der Waals surface area contributed by atoms with Gasteiger partial charge in [0.2, 0.25) is 0 Å². The van der Waals surface area contributed by atoms with E-state index in [-0.39, 0.29) is 10.6 Å². The van der Waals surface area contributed by atoms with E-state index in [9.17, 15) is 23.6 Å². The van der Waals surface area contributed by atoms with Gasteiger partial charge >= 0.3 is 0 Å². The summed E-state index contributed by atoms with van der Waals surface area (Å²) in [6.45, 7) is 0. The molecule has 2 rings (SSSR count). The minimum Gasteiger partial charge on any atom is -0.871 e. The quantitative estimate of drug-likeness (QED) is 0.614. The minimum absolute atomic E-state index is 0.182. The smallest absolute Gasteiger partial charge is 0.271 e. The number of rotatable bonds is 6. The van der Waals surface area contributed by atoms with Crippen LogP contribution in [0.2, 0.25) is 0 Å². The zero-order chi connectivity index (χ0) is 17.9. The van der Waals surface area contributed by atoms with Gasteiger partial charge in [-0.05, 0) is 12.1 Å². The maximum absolute atomic E-state index is 12.4. The predicted octanol–water partition coefficient (Wildman–Crippen LogP) is 1.49. The molecule has 0 aliphatic rings. The highest BCUT2D eigenvalue weighted by Gasteiger charge is 2.18. The van der Waals surface area contributed by atoms with E-state index in [0.717, 1.165) is 18.2 Å².